The summed E-state index contributed by atoms with van der Waals surface area (Å²) in [5.41, 5.74) is 0.672. The summed E-state index contributed by atoms with van der Waals surface area (Å²) in [6.07, 6.45) is 0.604. The summed E-state index contributed by atoms with van der Waals surface area (Å²) in [5.74, 6) is -0.816. The molecular weight excluding hydrogens is 232 g/mol. The fraction of sp³-hybridized carbons (Fsp3) is 0.286. The summed E-state index contributed by atoms with van der Waals surface area (Å²) < 4.78 is 10.0. The molecule has 1 aromatic carbocycles. The Kier molecular flexibility index (Phi) is 5.11. The number of ether oxygens (including phenoxy) is 2. The lowest BCUT2D eigenvalue weighted by Crippen LogP contribution is -2.17. The van der Waals surface area contributed by atoms with Gasteiger partial charge in [0.15, 0.2) is 0 Å². The first-order chi connectivity index (χ1) is 8.54. The molecule has 0 spiro atoms. The van der Waals surface area contributed by atoms with Crippen LogP contribution in [0.1, 0.15) is 27.2 Å². The number of carbonyl (C=O) groups excluding carboxylic acids is 2. The van der Waals surface area contributed by atoms with Crippen molar-refractivity contribution in [3.63, 3.8) is 0 Å². The summed E-state index contributed by atoms with van der Waals surface area (Å²) in [6.45, 7) is 4.85. The molecule has 0 aliphatic heterocycles. The predicted octanol–water partition coefficient (Wildman–Crippen LogP) is 2.84. The number of allylic oxidation sites excluding steroid dienone is 1. The van der Waals surface area contributed by atoms with Gasteiger partial charge in [-0.2, -0.15) is 0 Å². The van der Waals surface area contributed by atoms with Crippen LogP contribution in [0.15, 0.2) is 41.7 Å². The third-order valence-electron chi connectivity index (χ3n) is 2.30. The highest BCUT2D eigenvalue weighted by Gasteiger charge is 2.18. The number of para-hydroxylation sites is 1. The normalized spacial score (nSPS) is 11.5. The van der Waals surface area contributed by atoms with Gasteiger partial charge in [0.25, 0.3) is 0 Å². The molecule has 0 fully saturated rings. The van der Waals surface area contributed by atoms with Crippen LogP contribution in [-0.4, -0.2) is 11.9 Å². The van der Waals surface area contributed by atoms with E-state index < -0.39 is 11.9 Å². The quantitative estimate of drug-likeness (QED) is 0.356. The van der Waals surface area contributed by atoms with Crippen molar-refractivity contribution in [2.45, 2.75) is 27.2 Å². The molecule has 18 heavy (non-hydrogen) atoms. The van der Waals surface area contributed by atoms with Crippen molar-refractivity contribution in [3.05, 3.63) is 41.7 Å². The molecular formula is C14H16O4. The standard InChI is InChI=1S/C14H16O4/c1-4-10(2)13(17-11(3)15)14(16)18-12-8-6-5-7-9-12/h5-9H,4H2,1-3H3. The number of rotatable bonds is 4. The zero-order valence-corrected chi connectivity index (χ0v) is 10.7. The number of hydrogen-bond acceptors (Lipinski definition) is 4. The van der Waals surface area contributed by atoms with Crippen LogP contribution in [-0.2, 0) is 14.3 Å². The van der Waals surface area contributed by atoms with Crippen molar-refractivity contribution in [1.82, 2.24) is 0 Å². The largest absolute Gasteiger partial charge is 0.421 e. The summed E-state index contributed by atoms with van der Waals surface area (Å²) >= 11 is 0. The van der Waals surface area contributed by atoms with E-state index in [9.17, 15) is 9.59 Å². The average molecular weight is 248 g/mol. The van der Waals surface area contributed by atoms with Crippen molar-refractivity contribution in [3.8, 4) is 5.75 Å². The smallest absolute Gasteiger partial charge is 0.379 e. The molecule has 0 amide bonds. The molecule has 0 atom stereocenters. The van der Waals surface area contributed by atoms with Gasteiger partial charge in [-0.15, -0.1) is 0 Å². The number of carbonyl (C=O) groups is 2. The third-order valence-corrected chi connectivity index (χ3v) is 2.30. The molecule has 0 radical (unpaired) electrons. The van der Waals surface area contributed by atoms with Crippen LogP contribution in [0, 0.1) is 0 Å². The molecule has 0 heterocycles. The van der Waals surface area contributed by atoms with Crippen LogP contribution in [0.25, 0.3) is 0 Å². The molecule has 0 bridgehead atoms. The number of hydrogen-bond donors (Lipinski definition) is 0. The van der Waals surface area contributed by atoms with E-state index in [0.29, 0.717) is 17.7 Å². The minimum atomic E-state index is -0.657. The lowest BCUT2D eigenvalue weighted by molar-refractivity contribution is -0.145. The molecule has 0 saturated carbocycles. The predicted molar refractivity (Wildman–Crippen MR) is 66.8 cm³/mol. The maximum absolute atomic E-state index is 11.9. The van der Waals surface area contributed by atoms with E-state index in [0.717, 1.165) is 0 Å². The van der Waals surface area contributed by atoms with Gasteiger partial charge in [0, 0.05) is 6.92 Å². The van der Waals surface area contributed by atoms with Gasteiger partial charge >= 0.3 is 11.9 Å². The van der Waals surface area contributed by atoms with Crippen LogP contribution in [0.4, 0.5) is 0 Å². The highest BCUT2D eigenvalue weighted by Crippen LogP contribution is 2.15. The fourth-order valence-electron chi connectivity index (χ4n) is 1.25. The van der Waals surface area contributed by atoms with Gasteiger partial charge in [-0.3, -0.25) is 4.79 Å². The molecule has 1 aromatic rings. The molecule has 0 aliphatic carbocycles. The second-order valence-electron chi connectivity index (χ2n) is 3.76. The van der Waals surface area contributed by atoms with E-state index in [4.69, 9.17) is 9.47 Å². The first kappa shape index (κ1) is 14.0. The molecule has 96 valence electrons. The zero-order valence-electron chi connectivity index (χ0n) is 10.7. The van der Waals surface area contributed by atoms with Gasteiger partial charge in [0.05, 0.1) is 0 Å². The lowest BCUT2D eigenvalue weighted by atomic mass is 10.2. The average Bonchev–Trinajstić information content (AvgIpc) is 2.36. The van der Waals surface area contributed by atoms with Crippen molar-refractivity contribution >= 4 is 11.9 Å². The van der Waals surface area contributed by atoms with Crippen molar-refractivity contribution in [1.29, 1.82) is 0 Å². The fourth-order valence-corrected chi connectivity index (χ4v) is 1.25. The first-order valence-corrected chi connectivity index (χ1v) is 5.70. The Balaban J connectivity index is 2.87. The van der Waals surface area contributed by atoms with Crippen LogP contribution in [0.5, 0.6) is 5.75 Å². The molecule has 0 unspecified atom stereocenters. The third kappa shape index (κ3) is 4.05. The summed E-state index contributed by atoms with van der Waals surface area (Å²) in [4.78, 5) is 22.9. The zero-order chi connectivity index (χ0) is 13.5. The molecule has 4 nitrogen and oxygen atoms in total. The van der Waals surface area contributed by atoms with Gasteiger partial charge < -0.3 is 9.47 Å². The Morgan fingerprint density at radius 3 is 2.22 bits per heavy atom. The Bertz CT molecular complexity index is 460. The Hall–Kier alpha value is -2.10. The Labute approximate surface area is 106 Å². The highest BCUT2D eigenvalue weighted by atomic mass is 16.6. The Morgan fingerprint density at radius 1 is 1.11 bits per heavy atom. The van der Waals surface area contributed by atoms with E-state index in [1.807, 2.05) is 13.0 Å². The monoisotopic (exact) mass is 248 g/mol. The first-order valence-electron chi connectivity index (χ1n) is 5.70. The highest BCUT2D eigenvalue weighted by molar-refractivity contribution is 5.91. The van der Waals surface area contributed by atoms with Crippen LogP contribution < -0.4 is 4.74 Å². The second kappa shape index (κ2) is 6.59. The maximum Gasteiger partial charge on any atom is 0.379 e. The van der Waals surface area contributed by atoms with E-state index in [-0.39, 0.29) is 5.76 Å². The number of benzene rings is 1. The topological polar surface area (TPSA) is 52.6 Å². The van der Waals surface area contributed by atoms with E-state index in [1.165, 1.54) is 6.92 Å². The SMILES string of the molecule is CCC(C)=C(OC(C)=O)C(=O)Oc1ccccc1. The van der Waals surface area contributed by atoms with Gasteiger partial charge in [-0.05, 0) is 31.1 Å². The van der Waals surface area contributed by atoms with Crippen LogP contribution >= 0.6 is 0 Å². The van der Waals surface area contributed by atoms with Crippen LogP contribution in [0.2, 0.25) is 0 Å². The summed E-state index contributed by atoms with van der Waals surface area (Å²) in [7, 11) is 0. The minimum absolute atomic E-state index is 0.0335. The minimum Gasteiger partial charge on any atom is -0.421 e. The second-order valence-corrected chi connectivity index (χ2v) is 3.76. The van der Waals surface area contributed by atoms with Gasteiger partial charge in [-0.25, -0.2) is 4.79 Å². The molecule has 0 aliphatic rings. The van der Waals surface area contributed by atoms with E-state index in [2.05, 4.69) is 0 Å². The molecule has 1 rings (SSSR count). The van der Waals surface area contributed by atoms with E-state index in [1.54, 1.807) is 31.2 Å². The van der Waals surface area contributed by atoms with Crippen molar-refractivity contribution in [2.75, 3.05) is 0 Å². The lowest BCUT2D eigenvalue weighted by Gasteiger charge is -2.10. The summed E-state index contributed by atoms with van der Waals surface area (Å²) in [6, 6.07) is 8.64. The van der Waals surface area contributed by atoms with Gasteiger partial charge in [-0.1, -0.05) is 25.1 Å². The molecule has 4 heteroatoms. The molecule has 0 N–H and O–H groups in total. The van der Waals surface area contributed by atoms with Crippen molar-refractivity contribution < 1.29 is 19.1 Å². The molecule has 0 aromatic heterocycles. The Morgan fingerprint density at radius 2 is 1.72 bits per heavy atom. The van der Waals surface area contributed by atoms with Gasteiger partial charge in [0.1, 0.15) is 5.75 Å². The van der Waals surface area contributed by atoms with Crippen LogP contribution in [0.3, 0.4) is 0 Å². The maximum atomic E-state index is 11.9. The van der Waals surface area contributed by atoms with Gasteiger partial charge in [0.2, 0.25) is 5.76 Å². The summed E-state index contributed by atoms with van der Waals surface area (Å²) in [5, 5.41) is 0. The number of esters is 2. The van der Waals surface area contributed by atoms with Crippen molar-refractivity contribution in [2.24, 2.45) is 0 Å². The van der Waals surface area contributed by atoms with E-state index >= 15 is 0 Å². The molecule has 0 saturated heterocycles.